The van der Waals surface area contributed by atoms with Gasteiger partial charge in [-0.15, -0.1) is 0 Å². The second-order valence-corrected chi connectivity index (χ2v) is 9.04. The molecule has 5 heterocycles. The summed E-state index contributed by atoms with van der Waals surface area (Å²) in [4.78, 5) is 53.3. The second-order valence-electron chi connectivity index (χ2n) is 9.04. The summed E-state index contributed by atoms with van der Waals surface area (Å²) >= 11 is 0. The number of para-hydroxylation sites is 2. The lowest BCUT2D eigenvalue weighted by Crippen LogP contribution is -2.41. The third kappa shape index (κ3) is 3.60. The molecule has 2 unspecified atom stereocenters. The highest BCUT2D eigenvalue weighted by Crippen LogP contribution is 2.32. The number of aromatic nitrogens is 3. The van der Waals surface area contributed by atoms with Gasteiger partial charge in [0.1, 0.15) is 17.1 Å². The largest absolute Gasteiger partial charge is 0.337 e. The van der Waals surface area contributed by atoms with Gasteiger partial charge in [-0.2, -0.15) is 5.10 Å². The molecule has 6 rings (SSSR count). The first-order valence-electron chi connectivity index (χ1n) is 11.4. The number of H-pyrrole nitrogens is 1. The van der Waals surface area contributed by atoms with Gasteiger partial charge >= 0.3 is 0 Å². The molecule has 34 heavy (non-hydrogen) atoms. The first-order valence-corrected chi connectivity index (χ1v) is 11.4. The van der Waals surface area contributed by atoms with Crippen molar-refractivity contribution in [3.8, 4) is 11.5 Å². The quantitative estimate of drug-likeness (QED) is 0.616. The predicted molar refractivity (Wildman–Crippen MR) is 124 cm³/mol. The van der Waals surface area contributed by atoms with Crippen LogP contribution in [-0.2, 0) is 9.59 Å². The van der Waals surface area contributed by atoms with Crippen molar-refractivity contribution in [1.29, 1.82) is 0 Å². The first-order chi connectivity index (χ1) is 16.5. The molecule has 2 fully saturated rings. The number of rotatable bonds is 3. The van der Waals surface area contributed by atoms with E-state index in [2.05, 4.69) is 25.5 Å². The van der Waals surface area contributed by atoms with Crippen LogP contribution in [0.2, 0.25) is 0 Å². The van der Waals surface area contributed by atoms with Crippen molar-refractivity contribution < 1.29 is 14.4 Å². The lowest BCUT2D eigenvalue weighted by atomic mass is 10.0. The summed E-state index contributed by atoms with van der Waals surface area (Å²) in [5.41, 5.74) is 5.57. The Bertz CT molecular complexity index is 1300. The molecule has 3 amide bonds. The van der Waals surface area contributed by atoms with Gasteiger partial charge in [0.2, 0.25) is 5.91 Å². The fraction of sp³-hybridized carbons (Fsp3) is 0.333. The van der Waals surface area contributed by atoms with Gasteiger partial charge in [0.15, 0.2) is 5.82 Å². The molecule has 2 atom stereocenters. The topological polar surface area (TPSA) is 124 Å². The number of likely N-dealkylation sites (tertiary alicyclic amines) is 2. The highest BCUT2D eigenvalue weighted by atomic mass is 16.2. The molecule has 0 saturated carbocycles. The fourth-order valence-corrected chi connectivity index (χ4v) is 5.06. The number of carbonyl (C=O) groups excluding carboxylic acids is 3. The van der Waals surface area contributed by atoms with Crippen LogP contribution in [0.3, 0.4) is 0 Å². The van der Waals surface area contributed by atoms with Crippen molar-refractivity contribution in [2.45, 2.75) is 12.8 Å². The van der Waals surface area contributed by atoms with Crippen molar-refractivity contribution in [3.63, 3.8) is 0 Å². The smallest absolute Gasteiger partial charge is 0.272 e. The molecule has 10 heteroatoms. The maximum absolute atomic E-state index is 13.2. The molecular weight excluding hydrogens is 434 g/mol. The molecule has 2 aromatic heterocycles. The first kappa shape index (κ1) is 20.5. The zero-order chi connectivity index (χ0) is 23.2. The SMILES string of the molecule is O=C1CCC(C(=O)N2CC3CN(C(=O)c4cccc(-c5nc6ccccc6[nH]5)n4)CC3C2)=NN1. The molecule has 3 aliphatic heterocycles. The normalized spacial score (nSPS) is 22.0. The predicted octanol–water partition coefficient (Wildman–Crippen LogP) is 1.42. The van der Waals surface area contributed by atoms with Crippen LogP contribution in [0.5, 0.6) is 0 Å². The van der Waals surface area contributed by atoms with Gasteiger partial charge in [-0.25, -0.2) is 15.4 Å². The van der Waals surface area contributed by atoms with Crippen LogP contribution in [0.15, 0.2) is 47.6 Å². The number of carbonyl (C=O) groups is 3. The van der Waals surface area contributed by atoms with Gasteiger partial charge in [0, 0.05) is 50.9 Å². The standard InChI is InChI=1S/C24H23N7O3/c32-21-9-8-20(28-29-21)24(34)31-12-14-10-30(11-15(14)13-31)23(33)19-7-3-6-18(25-19)22-26-16-4-1-2-5-17(16)27-22/h1-7,14-15H,8-13H2,(H,26,27)(H,29,32). The number of benzene rings is 1. The van der Waals surface area contributed by atoms with Crippen LogP contribution < -0.4 is 5.43 Å². The van der Waals surface area contributed by atoms with E-state index in [4.69, 9.17) is 0 Å². The summed E-state index contributed by atoms with van der Waals surface area (Å²) in [5.74, 6) is 0.694. The maximum Gasteiger partial charge on any atom is 0.272 e. The van der Waals surface area contributed by atoms with E-state index in [1.807, 2.05) is 41.3 Å². The van der Waals surface area contributed by atoms with E-state index in [1.165, 1.54) is 0 Å². The highest BCUT2D eigenvalue weighted by molar-refractivity contribution is 6.39. The number of fused-ring (bicyclic) bond motifs is 2. The van der Waals surface area contributed by atoms with Crippen molar-refractivity contribution >= 4 is 34.5 Å². The number of imidazole rings is 1. The zero-order valence-corrected chi connectivity index (χ0v) is 18.4. The van der Waals surface area contributed by atoms with Crippen LogP contribution in [0, 0.1) is 11.8 Å². The molecule has 10 nitrogen and oxygen atoms in total. The minimum absolute atomic E-state index is 0.107. The molecule has 1 aromatic carbocycles. The van der Waals surface area contributed by atoms with Gasteiger partial charge in [0.05, 0.1) is 11.0 Å². The minimum atomic E-state index is -0.165. The number of hydrogen-bond acceptors (Lipinski definition) is 6. The molecule has 3 aliphatic rings. The van der Waals surface area contributed by atoms with Crippen LogP contribution in [-0.4, -0.2) is 74.4 Å². The summed E-state index contributed by atoms with van der Waals surface area (Å²) in [5, 5.41) is 3.92. The third-order valence-corrected chi connectivity index (χ3v) is 6.81. The molecule has 0 aliphatic carbocycles. The van der Waals surface area contributed by atoms with Gasteiger partial charge in [0.25, 0.3) is 11.8 Å². The molecule has 0 bridgehead atoms. The number of pyridine rings is 1. The molecule has 0 radical (unpaired) electrons. The Hall–Kier alpha value is -4.08. The molecule has 3 aromatic rings. The Balaban J connectivity index is 1.13. The zero-order valence-electron chi connectivity index (χ0n) is 18.4. The number of hydrazone groups is 1. The van der Waals surface area contributed by atoms with E-state index in [9.17, 15) is 14.4 Å². The van der Waals surface area contributed by atoms with Gasteiger partial charge in [-0.1, -0.05) is 18.2 Å². The minimum Gasteiger partial charge on any atom is -0.337 e. The number of hydrogen-bond donors (Lipinski definition) is 2. The van der Waals surface area contributed by atoms with E-state index in [-0.39, 0.29) is 36.0 Å². The van der Waals surface area contributed by atoms with Crippen molar-refractivity contribution in [2.24, 2.45) is 16.9 Å². The Labute approximate surface area is 195 Å². The second kappa shape index (κ2) is 8.05. The highest BCUT2D eigenvalue weighted by Gasteiger charge is 2.44. The van der Waals surface area contributed by atoms with E-state index in [0.29, 0.717) is 55.5 Å². The average Bonchev–Trinajstić information content (AvgIpc) is 3.57. The Kier molecular flexibility index (Phi) is 4.86. The summed E-state index contributed by atoms with van der Waals surface area (Å²) < 4.78 is 0. The monoisotopic (exact) mass is 457 g/mol. The van der Waals surface area contributed by atoms with Crippen molar-refractivity contribution in [1.82, 2.24) is 30.2 Å². The van der Waals surface area contributed by atoms with E-state index < -0.39 is 0 Å². The van der Waals surface area contributed by atoms with Crippen molar-refractivity contribution in [2.75, 3.05) is 26.2 Å². The molecule has 2 N–H and O–H groups in total. The number of aromatic amines is 1. The van der Waals surface area contributed by atoms with Gasteiger partial charge < -0.3 is 14.8 Å². The Morgan fingerprint density at radius 1 is 0.853 bits per heavy atom. The fourth-order valence-electron chi connectivity index (χ4n) is 5.06. The summed E-state index contributed by atoms with van der Waals surface area (Å²) in [6.07, 6.45) is 0.655. The van der Waals surface area contributed by atoms with Gasteiger partial charge in [-0.3, -0.25) is 14.4 Å². The Morgan fingerprint density at radius 3 is 2.29 bits per heavy atom. The van der Waals surface area contributed by atoms with Crippen molar-refractivity contribution in [3.05, 3.63) is 48.2 Å². The number of nitrogens with one attached hydrogen (secondary N) is 2. The van der Waals surface area contributed by atoms with E-state index in [1.54, 1.807) is 11.0 Å². The lowest BCUT2D eigenvalue weighted by molar-refractivity contribution is -0.124. The van der Waals surface area contributed by atoms with E-state index in [0.717, 1.165) is 11.0 Å². The van der Waals surface area contributed by atoms with Gasteiger partial charge in [-0.05, 0) is 24.3 Å². The number of nitrogens with zero attached hydrogens (tertiary/aromatic N) is 5. The summed E-state index contributed by atoms with van der Waals surface area (Å²) in [6, 6.07) is 13.1. The summed E-state index contributed by atoms with van der Waals surface area (Å²) in [7, 11) is 0. The third-order valence-electron chi connectivity index (χ3n) is 6.81. The molecule has 2 saturated heterocycles. The van der Waals surface area contributed by atoms with Crippen LogP contribution in [0.4, 0.5) is 0 Å². The van der Waals surface area contributed by atoms with Crippen LogP contribution in [0.1, 0.15) is 23.3 Å². The molecule has 172 valence electrons. The number of amides is 3. The lowest BCUT2D eigenvalue weighted by Gasteiger charge is -2.23. The van der Waals surface area contributed by atoms with E-state index >= 15 is 0 Å². The maximum atomic E-state index is 13.2. The Morgan fingerprint density at radius 2 is 1.59 bits per heavy atom. The summed E-state index contributed by atoms with van der Waals surface area (Å²) in [6.45, 7) is 2.36. The average molecular weight is 457 g/mol. The molecule has 0 spiro atoms. The van der Waals surface area contributed by atoms with Crippen LogP contribution in [0.25, 0.3) is 22.6 Å². The van der Waals surface area contributed by atoms with Crippen LogP contribution >= 0.6 is 0 Å². The molecular formula is C24H23N7O3.